The number of hydrogen-bond acceptors (Lipinski definition) is 7. The molecule has 1 aromatic heterocycles. The van der Waals surface area contributed by atoms with Gasteiger partial charge >= 0.3 is 5.97 Å². The highest BCUT2D eigenvalue weighted by atomic mass is 16.5. The third-order valence-electron chi connectivity index (χ3n) is 5.12. The molecule has 1 aromatic rings. The average molecular weight is 357 g/mol. The summed E-state index contributed by atoms with van der Waals surface area (Å²) in [5.41, 5.74) is 1.06. The van der Waals surface area contributed by atoms with Crippen LogP contribution in [0.1, 0.15) is 19.8 Å². The largest absolute Gasteiger partial charge is 0.489 e. The van der Waals surface area contributed by atoms with E-state index < -0.39 is 0 Å². The van der Waals surface area contributed by atoms with E-state index in [1.54, 1.807) is 19.4 Å². The highest BCUT2D eigenvalue weighted by Gasteiger charge is 2.39. The van der Waals surface area contributed by atoms with E-state index in [-0.39, 0.29) is 24.0 Å². The number of fused-ring (bicyclic) bond motifs is 1. The Bertz CT molecular complexity index is 736. The normalized spacial score (nSPS) is 25.9. The molecule has 4 rings (SSSR count). The summed E-state index contributed by atoms with van der Waals surface area (Å²) < 4.78 is 16.2. The van der Waals surface area contributed by atoms with E-state index >= 15 is 0 Å². The Labute approximate surface area is 152 Å². The first kappa shape index (κ1) is 16.9. The van der Waals surface area contributed by atoms with Gasteiger partial charge in [-0.1, -0.05) is 6.08 Å². The summed E-state index contributed by atoms with van der Waals surface area (Å²) >= 11 is 0. The number of cyclic esters (lactones) is 1. The Kier molecular flexibility index (Phi) is 4.53. The summed E-state index contributed by atoms with van der Waals surface area (Å²) in [7, 11) is 1.60. The molecule has 0 saturated carbocycles. The van der Waals surface area contributed by atoms with Gasteiger partial charge in [-0.3, -0.25) is 9.79 Å². The van der Waals surface area contributed by atoms with Gasteiger partial charge in [0.1, 0.15) is 36.3 Å². The molecule has 7 nitrogen and oxygen atoms in total. The number of likely N-dealkylation sites (tertiary alicyclic amines) is 1. The lowest BCUT2D eigenvalue weighted by Crippen LogP contribution is -2.44. The monoisotopic (exact) mass is 357 g/mol. The number of aliphatic imine (C=N–C) groups is 1. The van der Waals surface area contributed by atoms with Crippen molar-refractivity contribution in [2.24, 2.45) is 10.9 Å². The molecule has 0 spiro atoms. The molecule has 0 radical (unpaired) electrons. The van der Waals surface area contributed by atoms with Crippen molar-refractivity contribution in [3.8, 4) is 11.6 Å². The van der Waals surface area contributed by atoms with Gasteiger partial charge in [0.05, 0.1) is 13.3 Å². The van der Waals surface area contributed by atoms with E-state index in [2.05, 4.69) is 9.88 Å². The molecular weight excluding hydrogens is 334 g/mol. The molecular formula is C19H23N3O4. The second-order valence-electron chi connectivity index (χ2n) is 6.87. The van der Waals surface area contributed by atoms with Crippen molar-refractivity contribution < 1.29 is 19.0 Å². The fraction of sp³-hybridized carbons (Fsp3) is 0.526. The quantitative estimate of drug-likeness (QED) is 0.769. The van der Waals surface area contributed by atoms with Crippen LogP contribution in [0.2, 0.25) is 0 Å². The molecule has 2 fully saturated rings. The van der Waals surface area contributed by atoms with Crippen molar-refractivity contribution in [3.63, 3.8) is 0 Å². The molecule has 26 heavy (non-hydrogen) atoms. The molecule has 2 atom stereocenters. The van der Waals surface area contributed by atoms with Gasteiger partial charge in [0.15, 0.2) is 0 Å². The summed E-state index contributed by atoms with van der Waals surface area (Å²) in [4.78, 5) is 23.0. The minimum absolute atomic E-state index is 0.0689. The Balaban J connectivity index is 1.35. The van der Waals surface area contributed by atoms with Gasteiger partial charge in [-0.15, -0.1) is 0 Å². The maximum absolute atomic E-state index is 11.7. The van der Waals surface area contributed by atoms with E-state index in [4.69, 9.17) is 19.2 Å². The fourth-order valence-electron chi connectivity index (χ4n) is 3.69. The first-order valence-corrected chi connectivity index (χ1v) is 8.99. The van der Waals surface area contributed by atoms with Gasteiger partial charge < -0.3 is 19.1 Å². The molecule has 2 saturated heterocycles. The van der Waals surface area contributed by atoms with Crippen molar-refractivity contribution in [1.82, 2.24) is 9.88 Å². The fourth-order valence-corrected chi connectivity index (χ4v) is 3.69. The highest BCUT2D eigenvalue weighted by Crippen LogP contribution is 2.29. The molecule has 7 heteroatoms. The SMILES string of the molecule is COc1ccc(OC2CCN(C3=NC4COC(=O)C4C=C3C)CC2)cn1. The van der Waals surface area contributed by atoms with Crippen LogP contribution in [0.3, 0.4) is 0 Å². The zero-order chi connectivity index (χ0) is 18.1. The number of methoxy groups -OCH3 is 1. The van der Waals surface area contributed by atoms with Gasteiger partial charge in [-0.25, -0.2) is 4.98 Å². The molecule has 0 bridgehead atoms. The van der Waals surface area contributed by atoms with E-state index in [1.165, 1.54) is 0 Å². The minimum atomic E-state index is -0.206. The summed E-state index contributed by atoms with van der Waals surface area (Å²) in [6.07, 6.45) is 5.71. The number of amidine groups is 1. The van der Waals surface area contributed by atoms with Crippen LogP contribution in [-0.4, -0.2) is 60.6 Å². The van der Waals surface area contributed by atoms with Crippen molar-refractivity contribution in [3.05, 3.63) is 30.0 Å². The maximum atomic E-state index is 11.7. The van der Waals surface area contributed by atoms with Crippen LogP contribution in [0.4, 0.5) is 0 Å². The van der Waals surface area contributed by atoms with Gasteiger partial charge in [-0.2, -0.15) is 0 Å². The molecule has 3 aliphatic heterocycles. The number of nitrogens with zero attached hydrogens (tertiary/aromatic N) is 3. The number of aromatic nitrogens is 1. The topological polar surface area (TPSA) is 73.2 Å². The number of pyridine rings is 1. The number of carbonyl (C=O) groups is 1. The maximum Gasteiger partial charge on any atom is 0.315 e. The third kappa shape index (κ3) is 3.25. The highest BCUT2D eigenvalue weighted by molar-refractivity contribution is 6.00. The van der Waals surface area contributed by atoms with Gasteiger partial charge in [0, 0.05) is 32.0 Å². The third-order valence-corrected chi connectivity index (χ3v) is 5.12. The standard InChI is InChI=1S/C19H23N3O4/c1-12-9-15-16(11-25-19(15)23)21-18(12)22-7-5-13(6-8-22)26-14-3-4-17(24-2)20-10-14/h3-4,9-10,13,15-16H,5-8,11H2,1-2H3. The van der Waals surface area contributed by atoms with Crippen molar-refractivity contribution in [1.29, 1.82) is 0 Å². The number of ether oxygens (including phenoxy) is 3. The summed E-state index contributed by atoms with van der Waals surface area (Å²) in [5.74, 6) is 1.98. The average Bonchev–Trinajstić information content (AvgIpc) is 3.02. The second kappa shape index (κ2) is 6.97. The summed E-state index contributed by atoms with van der Waals surface area (Å²) in [6, 6.07) is 3.62. The predicted octanol–water partition coefficient (Wildman–Crippen LogP) is 1.83. The first-order chi connectivity index (χ1) is 12.6. The summed E-state index contributed by atoms with van der Waals surface area (Å²) in [6.45, 7) is 4.17. The molecule has 2 unspecified atom stereocenters. The Morgan fingerprint density at radius 2 is 2.08 bits per heavy atom. The van der Waals surface area contributed by atoms with Crippen LogP contribution in [0.25, 0.3) is 0 Å². The second-order valence-corrected chi connectivity index (χ2v) is 6.87. The van der Waals surface area contributed by atoms with Crippen LogP contribution in [-0.2, 0) is 9.53 Å². The van der Waals surface area contributed by atoms with Crippen molar-refractivity contribution >= 4 is 11.8 Å². The van der Waals surface area contributed by atoms with Crippen LogP contribution >= 0.6 is 0 Å². The molecule has 4 heterocycles. The molecule has 3 aliphatic rings. The van der Waals surface area contributed by atoms with E-state index in [9.17, 15) is 4.79 Å². The van der Waals surface area contributed by atoms with E-state index in [0.717, 1.165) is 43.1 Å². The van der Waals surface area contributed by atoms with Crippen LogP contribution in [0.15, 0.2) is 35.0 Å². The number of piperidine rings is 1. The van der Waals surface area contributed by atoms with Crippen LogP contribution in [0.5, 0.6) is 11.6 Å². The number of carbonyl (C=O) groups excluding carboxylic acids is 1. The minimum Gasteiger partial charge on any atom is -0.489 e. The Morgan fingerprint density at radius 3 is 2.77 bits per heavy atom. The Morgan fingerprint density at radius 1 is 1.27 bits per heavy atom. The van der Waals surface area contributed by atoms with Crippen LogP contribution in [0, 0.1) is 5.92 Å². The van der Waals surface area contributed by atoms with Gasteiger partial charge in [-0.05, 0) is 18.6 Å². The van der Waals surface area contributed by atoms with Crippen molar-refractivity contribution in [2.75, 3.05) is 26.8 Å². The number of dihydropyridines is 1. The Hall–Kier alpha value is -2.57. The first-order valence-electron chi connectivity index (χ1n) is 8.99. The van der Waals surface area contributed by atoms with Crippen molar-refractivity contribution in [2.45, 2.75) is 31.9 Å². The lowest BCUT2D eigenvalue weighted by atomic mass is 9.95. The van der Waals surface area contributed by atoms with Gasteiger partial charge in [0.2, 0.25) is 5.88 Å². The van der Waals surface area contributed by atoms with Crippen LogP contribution < -0.4 is 9.47 Å². The van der Waals surface area contributed by atoms with E-state index in [0.29, 0.717) is 12.5 Å². The number of hydrogen-bond donors (Lipinski definition) is 0. The lowest BCUT2D eigenvalue weighted by Gasteiger charge is -2.36. The lowest BCUT2D eigenvalue weighted by molar-refractivity contribution is -0.140. The zero-order valence-electron chi connectivity index (χ0n) is 15.1. The smallest absolute Gasteiger partial charge is 0.315 e. The predicted molar refractivity (Wildman–Crippen MR) is 95.4 cm³/mol. The molecule has 0 aromatic carbocycles. The molecule has 0 N–H and O–H groups in total. The van der Waals surface area contributed by atoms with E-state index in [1.807, 2.05) is 19.1 Å². The zero-order valence-corrected chi connectivity index (χ0v) is 15.1. The summed E-state index contributed by atoms with van der Waals surface area (Å²) in [5, 5.41) is 0. The molecule has 0 aliphatic carbocycles. The van der Waals surface area contributed by atoms with Gasteiger partial charge in [0.25, 0.3) is 0 Å². The number of rotatable bonds is 3. The number of esters is 1. The molecule has 0 amide bonds. The molecule has 138 valence electrons.